The zero-order valence-electron chi connectivity index (χ0n) is 22.7. The lowest BCUT2D eigenvalue weighted by Crippen LogP contribution is -2.04. The molecule has 0 atom stereocenters. The molecule has 4 rings (SSSR count). The number of aldehydes is 1. The number of oxazole rings is 1. The molecule has 0 aliphatic heterocycles. The van der Waals surface area contributed by atoms with E-state index >= 15 is 0 Å². The highest BCUT2D eigenvalue weighted by Gasteiger charge is 2.15. The maximum Gasteiger partial charge on any atom is 0.273 e. The molecule has 3 aromatic carbocycles. The van der Waals surface area contributed by atoms with Crippen LogP contribution in [0, 0.1) is 27.2 Å². The van der Waals surface area contributed by atoms with Crippen LogP contribution in [-0.4, -0.2) is 56.3 Å². The van der Waals surface area contributed by atoms with E-state index < -0.39 is 19.7 Å². The van der Waals surface area contributed by atoms with Crippen LogP contribution in [0.1, 0.15) is 15.9 Å². The number of hydrogen-bond donors (Lipinski definition) is 0. The minimum atomic E-state index is -3.26. The number of ether oxygens (including phenoxy) is 2. The van der Waals surface area contributed by atoms with Gasteiger partial charge in [0.15, 0.2) is 28.3 Å². The van der Waals surface area contributed by atoms with E-state index in [1.807, 2.05) is 6.92 Å². The van der Waals surface area contributed by atoms with Crippen LogP contribution in [0.25, 0.3) is 11.3 Å². The smallest absolute Gasteiger partial charge is 0.273 e. The molecule has 15 heteroatoms. The molecular formula is C27H26N4O10S. The Hall–Kier alpha value is -5.44. The van der Waals surface area contributed by atoms with E-state index in [-0.39, 0.29) is 23.0 Å². The third kappa shape index (κ3) is 9.06. The molecule has 0 spiro atoms. The summed E-state index contributed by atoms with van der Waals surface area (Å²) in [5, 5.41) is 20.9. The van der Waals surface area contributed by atoms with Crippen molar-refractivity contribution < 1.29 is 36.9 Å². The molecule has 0 aliphatic carbocycles. The number of nitro groups is 2. The first-order chi connectivity index (χ1) is 20.0. The highest BCUT2D eigenvalue weighted by atomic mass is 32.2. The Labute approximate surface area is 240 Å². The topological polar surface area (TPSA) is 194 Å². The van der Waals surface area contributed by atoms with E-state index in [1.165, 1.54) is 57.1 Å². The third-order valence-electron chi connectivity index (χ3n) is 5.29. The number of aryl methyl sites for hydroxylation is 1. The van der Waals surface area contributed by atoms with Crippen molar-refractivity contribution >= 4 is 34.2 Å². The fourth-order valence-electron chi connectivity index (χ4n) is 3.20. The van der Waals surface area contributed by atoms with Crippen molar-refractivity contribution in [3.63, 3.8) is 0 Å². The maximum absolute atomic E-state index is 11.4. The third-order valence-corrected chi connectivity index (χ3v) is 6.80. The Bertz CT molecular complexity index is 1640. The standard InChI is InChI=1S/C10H8N2O4.C9H11NO2S.C8H7NO4/c1-15-9-4-7(12(13)14)2-3-8(9)10-5-11-6-16-10;1-8-3-5-9(6-4-8)13(11,12)7-10-2;1-13-8-4-7(9(11)12)3-2-6(8)5-10/h2-6H,1H3;3-6H,2,7H2,1H3;2-5H,1H3. The van der Waals surface area contributed by atoms with Crippen LogP contribution in [0.15, 0.2) is 87.6 Å². The maximum atomic E-state index is 11.4. The van der Waals surface area contributed by atoms with Crippen molar-refractivity contribution in [2.24, 2.45) is 4.99 Å². The average molecular weight is 599 g/mol. The van der Waals surface area contributed by atoms with Gasteiger partial charge >= 0.3 is 0 Å². The second-order valence-corrected chi connectivity index (χ2v) is 10.0. The minimum Gasteiger partial charge on any atom is -0.496 e. The molecule has 1 aromatic heterocycles. The fourth-order valence-corrected chi connectivity index (χ4v) is 4.14. The Kier molecular flexibility index (Phi) is 12.0. The van der Waals surface area contributed by atoms with Gasteiger partial charge in [0.1, 0.15) is 17.4 Å². The molecule has 0 saturated heterocycles. The first-order valence-electron chi connectivity index (χ1n) is 11.7. The summed E-state index contributed by atoms with van der Waals surface area (Å²) in [4.78, 5) is 37.7. The van der Waals surface area contributed by atoms with Crippen LogP contribution in [-0.2, 0) is 9.84 Å². The molecule has 0 unspecified atom stereocenters. The van der Waals surface area contributed by atoms with Crippen LogP contribution < -0.4 is 9.47 Å². The molecule has 0 amide bonds. The van der Waals surface area contributed by atoms with Crippen molar-refractivity contribution in [3.05, 3.63) is 105 Å². The summed E-state index contributed by atoms with van der Waals surface area (Å²) in [6.07, 6.45) is 3.39. The van der Waals surface area contributed by atoms with Gasteiger partial charge in [-0.3, -0.25) is 30.0 Å². The summed E-state index contributed by atoms with van der Waals surface area (Å²) < 4.78 is 37.8. The SMILES string of the molecule is C=NCS(=O)(=O)c1ccc(C)cc1.COc1cc([N+](=O)[O-])ccc1-c1cnco1.COc1cc([N+](=O)[O-])ccc1C=O. The second-order valence-electron chi connectivity index (χ2n) is 8.09. The van der Waals surface area contributed by atoms with Gasteiger partial charge in [0.25, 0.3) is 11.4 Å². The van der Waals surface area contributed by atoms with Gasteiger partial charge in [0, 0.05) is 12.1 Å². The van der Waals surface area contributed by atoms with Crippen LogP contribution in [0.4, 0.5) is 11.4 Å². The number of benzene rings is 3. The lowest BCUT2D eigenvalue weighted by Gasteiger charge is -2.04. The first-order valence-corrected chi connectivity index (χ1v) is 13.3. The van der Waals surface area contributed by atoms with E-state index in [2.05, 4.69) is 16.7 Å². The van der Waals surface area contributed by atoms with Crippen molar-refractivity contribution in [2.75, 3.05) is 20.1 Å². The summed E-state index contributed by atoms with van der Waals surface area (Å²) in [6.45, 7) is 5.06. The second kappa shape index (κ2) is 15.4. The van der Waals surface area contributed by atoms with Gasteiger partial charge in [-0.2, -0.15) is 0 Å². The molecule has 0 aliphatic rings. The van der Waals surface area contributed by atoms with Crippen LogP contribution in [0.2, 0.25) is 0 Å². The Morgan fingerprint density at radius 1 is 0.952 bits per heavy atom. The van der Waals surface area contributed by atoms with Crippen LogP contribution in [0.5, 0.6) is 11.5 Å². The van der Waals surface area contributed by atoms with E-state index in [0.717, 1.165) is 5.56 Å². The largest absolute Gasteiger partial charge is 0.496 e. The van der Waals surface area contributed by atoms with Gasteiger partial charge in [-0.05, 0) is 37.9 Å². The number of hydrogen-bond acceptors (Lipinski definition) is 12. The predicted molar refractivity (Wildman–Crippen MR) is 153 cm³/mol. The van der Waals surface area contributed by atoms with E-state index in [4.69, 9.17) is 13.9 Å². The van der Waals surface area contributed by atoms with Gasteiger partial charge < -0.3 is 13.9 Å². The van der Waals surface area contributed by atoms with Crippen LogP contribution in [0.3, 0.4) is 0 Å². The number of nitro benzene ring substituents is 2. The van der Waals surface area contributed by atoms with Gasteiger partial charge in [0.05, 0.1) is 58.4 Å². The fraction of sp³-hybridized carbons (Fsp3) is 0.148. The highest BCUT2D eigenvalue weighted by molar-refractivity contribution is 7.91. The molecule has 0 saturated carbocycles. The number of carbonyl (C=O) groups is 1. The molecule has 0 radical (unpaired) electrons. The molecule has 0 N–H and O–H groups in total. The van der Waals surface area contributed by atoms with Crippen molar-refractivity contribution in [3.8, 4) is 22.8 Å². The number of non-ortho nitro benzene ring substituents is 2. The summed E-state index contributed by atoms with van der Waals surface area (Å²) in [6, 6.07) is 14.8. The van der Waals surface area contributed by atoms with Gasteiger partial charge in [0.2, 0.25) is 0 Å². The highest BCUT2D eigenvalue weighted by Crippen LogP contribution is 2.32. The summed E-state index contributed by atoms with van der Waals surface area (Å²) in [5.41, 5.74) is 1.84. The average Bonchev–Trinajstić information content (AvgIpc) is 3.52. The predicted octanol–water partition coefficient (Wildman–Crippen LogP) is 5.10. The zero-order valence-corrected chi connectivity index (χ0v) is 23.5. The molecule has 1 heterocycles. The van der Waals surface area contributed by atoms with Crippen molar-refractivity contribution in [1.82, 2.24) is 4.98 Å². The van der Waals surface area contributed by atoms with Gasteiger partial charge in [-0.25, -0.2) is 13.4 Å². The normalized spacial score (nSPS) is 10.2. The molecule has 14 nitrogen and oxygen atoms in total. The number of aliphatic imine (C=N–C) groups is 1. The Morgan fingerprint density at radius 3 is 2.00 bits per heavy atom. The number of rotatable bonds is 9. The van der Waals surface area contributed by atoms with Crippen LogP contribution >= 0.6 is 0 Å². The first kappa shape index (κ1) is 32.8. The molecular weight excluding hydrogens is 572 g/mol. The molecule has 220 valence electrons. The number of sulfone groups is 1. The van der Waals surface area contributed by atoms with Gasteiger partial charge in [-0.1, -0.05) is 17.7 Å². The molecule has 4 aromatic rings. The van der Waals surface area contributed by atoms with Crippen molar-refractivity contribution in [1.29, 1.82) is 0 Å². The Balaban J connectivity index is 0.000000222. The van der Waals surface area contributed by atoms with E-state index in [9.17, 15) is 33.4 Å². The molecule has 0 bridgehead atoms. The molecule has 42 heavy (non-hydrogen) atoms. The number of aromatic nitrogens is 1. The zero-order chi connectivity index (χ0) is 31.3. The Morgan fingerprint density at radius 2 is 1.52 bits per heavy atom. The lowest BCUT2D eigenvalue weighted by molar-refractivity contribution is -0.385. The van der Waals surface area contributed by atoms with Crippen molar-refractivity contribution in [2.45, 2.75) is 11.8 Å². The lowest BCUT2D eigenvalue weighted by atomic mass is 10.1. The molecule has 0 fully saturated rings. The van der Waals surface area contributed by atoms with E-state index in [1.54, 1.807) is 30.3 Å². The number of carbonyl (C=O) groups excluding carboxylic acids is 1. The van der Waals surface area contributed by atoms with E-state index in [0.29, 0.717) is 33.8 Å². The quantitative estimate of drug-likeness (QED) is 0.108. The minimum absolute atomic E-state index is 0.0277. The van der Waals surface area contributed by atoms with Gasteiger partial charge in [-0.15, -0.1) is 0 Å². The summed E-state index contributed by atoms with van der Waals surface area (Å²) in [5.74, 6) is 0.845. The number of methoxy groups -OCH3 is 2. The summed E-state index contributed by atoms with van der Waals surface area (Å²) in [7, 11) is -0.460. The monoisotopic (exact) mass is 598 g/mol. The number of nitrogens with zero attached hydrogens (tertiary/aromatic N) is 4. The summed E-state index contributed by atoms with van der Waals surface area (Å²) >= 11 is 0.